The van der Waals surface area contributed by atoms with Crippen molar-refractivity contribution in [3.8, 4) is 0 Å². The van der Waals surface area contributed by atoms with Crippen LogP contribution < -0.4 is 5.32 Å². The molecule has 0 radical (unpaired) electrons. The van der Waals surface area contributed by atoms with E-state index < -0.39 is 0 Å². The summed E-state index contributed by atoms with van der Waals surface area (Å²) in [6.07, 6.45) is 0. The topological polar surface area (TPSA) is 58.5 Å². The number of amides is 2. The van der Waals surface area contributed by atoms with Crippen molar-refractivity contribution in [3.05, 3.63) is 44.8 Å². The number of nitrogens with zero attached hydrogens (tertiary/aromatic N) is 1. The molecule has 2 heterocycles. The van der Waals surface area contributed by atoms with Gasteiger partial charge in [0, 0.05) is 0 Å². The zero-order chi connectivity index (χ0) is 13.7. The number of amidine groups is 1. The summed E-state index contributed by atoms with van der Waals surface area (Å²) in [6, 6.07) is 7.07. The Hall–Kier alpha value is -1.27. The van der Waals surface area contributed by atoms with Gasteiger partial charge in [-0.3, -0.25) is 0 Å². The third kappa shape index (κ3) is 3.84. The van der Waals surface area contributed by atoms with Crippen LogP contribution >= 0.6 is 22.7 Å². The molecule has 0 bridgehead atoms. The normalized spacial score (nSPS) is 11.3. The molecule has 2 aromatic rings. The van der Waals surface area contributed by atoms with E-state index in [2.05, 4.69) is 10.3 Å². The molecular weight excluding hydrogens is 347 g/mol. The number of carbonyl (C=O) groups is 2. The van der Waals surface area contributed by atoms with E-state index in [1.165, 1.54) is 22.7 Å². The van der Waals surface area contributed by atoms with Crippen LogP contribution in [-0.4, -0.2) is 31.5 Å². The second kappa shape index (κ2) is 6.77. The summed E-state index contributed by atoms with van der Waals surface area (Å²) in [4.78, 5) is 28.9. The Morgan fingerprint density at radius 3 is 2.32 bits per heavy atom. The molecule has 2 rings (SSSR count). The van der Waals surface area contributed by atoms with Gasteiger partial charge in [0.25, 0.3) is 0 Å². The molecule has 0 saturated heterocycles. The van der Waals surface area contributed by atoms with Crippen molar-refractivity contribution in [3.63, 3.8) is 0 Å². The van der Waals surface area contributed by atoms with Gasteiger partial charge in [0.05, 0.1) is 0 Å². The molecule has 2 amide bonds. The Morgan fingerprint density at radius 1 is 1.16 bits per heavy atom. The molecule has 0 spiro atoms. The van der Waals surface area contributed by atoms with E-state index in [0.29, 0.717) is 14.5 Å². The molecule has 0 saturated carbocycles. The van der Waals surface area contributed by atoms with E-state index in [-0.39, 0.29) is 26.8 Å². The predicted molar refractivity (Wildman–Crippen MR) is 79.5 cm³/mol. The summed E-state index contributed by atoms with van der Waals surface area (Å²) in [6.45, 7) is 0. The first-order valence-electron chi connectivity index (χ1n) is 5.26. The minimum atomic E-state index is -0.305. The van der Waals surface area contributed by atoms with Crippen molar-refractivity contribution in [2.24, 2.45) is 4.99 Å². The second-order valence-electron chi connectivity index (χ2n) is 3.33. The molecule has 0 aliphatic carbocycles. The van der Waals surface area contributed by atoms with Gasteiger partial charge in [0.2, 0.25) is 0 Å². The van der Waals surface area contributed by atoms with Crippen LogP contribution in [-0.2, 0) is 0 Å². The maximum atomic E-state index is 11.9. The van der Waals surface area contributed by atoms with Gasteiger partial charge in [-0.15, -0.1) is 0 Å². The van der Waals surface area contributed by atoms with Gasteiger partial charge < -0.3 is 0 Å². The molecule has 0 atom stereocenters. The van der Waals surface area contributed by atoms with Crippen LogP contribution in [0, 0.1) is 0 Å². The monoisotopic (exact) mass is 358 g/mol. The Bertz CT molecular complexity index is 591. The van der Waals surface area contributed by atoms with Crippen LogP contribution in [0.2, 0.25) is 5.82 Å². The summed E-state index contributed by atoms with van der Waals surface area (Å²) in [7, 11) is 0. The predicted octanol–water partition coefficient (Wildman–Crippen LogP) is 2.49. The second-order valence-corrected chi connectivity index (χ2v) is 6.90. The molecule has 0 unspecified atom stereocenters. The third-order valence-corrected chi connectivity index (χ3v) is 5.04. The fraction of sp³-hybridized carbons (Fsp3) is 0.0833. The molecule has 19 heavy (non-hydrogen) atoms. The molecule has 98 valence electrons. The average Bonchev–Trinajstić information content (AvgIpc) is 3.09. The quantitative estimate of drug-likeness (QED) is 0.521. The molecule has 7 heteroatoms. The Kier molecular flexibility index (Phi) is 5.04. The van der Waals surface area contributed by atoms with E-state index in [1.54, 1.807) is 18.2 Å². The Balaban J connectivity index is 2.08. The Morgan fingerprint density at radius 2 is 1.79 bits per heavy atom. The summed E-state index contributed by atoms with van der Waals surface area (Å²) in [5, 5.41) is 6.35. The van der Waals surface area contributed by atoms with Crippen molar-refractivity contribution in [2.75, 3.05) is 0 Å². The molecule has 0 aliphatic heterocycles. The molecule has 0 fully saturated rings. The van der Waals surface area contributed by atoms with Crippen molar-refractivity contribution in [2.45, 2.75) is 5.82 Å². The zero-order valence-electron chi connectivity index (χ0n) is 9.95. The van der Waals surface area contributed by atoms with Crippen molar-refractivity contribution < 1.29 is 9.59 Å². The number of hydrogen-bond donors (Lipinski definition) is 1. The van der Waals surface area contributed by atoms with Gasteiger partial charge in [-0.25, -0.2) is 0 Å². The van der Waals surface area contributed by atoms with Crippen LogP contribution in [0.15, 0.2) is 40.0 Å². The average molecular weight is 357 g/mol. The van der Waals surface area contributed by atoms with Gasteiger partial charge in [-0.2, -0.15) is 0 Å². The van der Waals surface area contributed by atoms with Gasteiger partial charge >= 0.3 is 125 Å². The fourth-order valence-electron chi connectivity index (χ4n) is 1.24. The number of rotatable bonds is 3. The molecule has 2 aromatic heterocycles. The zero-order valence-corrected chi connectivity index (χ0v) is 13.3. The van der Waals surface area contributed by atoms with Crippen LogP contribution in [0.4, 0.5) is 0 Å². The SMILES string of the molecule is C[Se]C(=NC(=O)c1cccs1)NC(=O)c1cccs1. The number of nitrogens with one attached hydrogen (secondary N) is 1. The molecule has 0 aliphatic rings. The van der Waals surface area contributed by atoms with Crippen LogP contribution in [0.5, 0.6) is 0 Å². The van der Waals surface area contributed by atoms with Crippen molar-refractivity contribution in [1.82, 2.24) is 5.32 Å². The number of carbonyl (C=O) groups excluding carboxylic acids is 2. The number of hydrogen-bond acceptors (Lipinski definition) is 4. The van der Waals surface area contributed by atoms with E-state index >= 15 is 0 Å². The first-order valence-corrected chi connectivity index (χ1v) is 9.59. The summed E-state index contributed by atoms with van der Waals surface area (Å²) >= 11 is 2.64. The minimum absolute atomic E-state index is 0.0557. The van der Waals surface area contributed by atoms with Gasteiger partial charge in [-0.05, 0) is 0 Å². The van der Waals surface area contributed by atoms with Gasteiger partial charge in [0.1, 0.15) is 0 Å². The fourth-order valence-corrected chi connectivity index (χ4v) is 3.24. The van der Waals surface area contributed by atoms with E-state index in [9.17, 15) is 9.59 Å². The first-order chi connectivity index (χ1) is 9.20. The van der Waals surface area contributed by atoms with Crippen molar-refractivity contribution in [1.29, 1.82) is 0 Å². The van der Waals surface area contributed by atoms with Crippen LogP contribution in [0.3, 0.4) is 0 Å². The van der Waals surface area contributed by atoms with E-state index in [1.807, 2.05) is 22.6 Å². The van der Waals surface area contributed by atoms with E-state index in [4.69, 9.17) is 0 Å². The Labute approximate surface area is 124 Å². The standard InChI is InChI=1S/C12H10N2O2S2Se/c1-19-12(13-10(15)8-4-2-6-17-8)14-11(16)9-5-3-7-18-9/h2-7H,1H3,(H,13,14,15,16). The molecule has 1 N–H and O–H groups in total. The third-order valence-electron chi connectivity index (χ3n) is 2.09. The van der Waals surface area contributed by atoms with Crippen molar-refractivity contribution >= 4 is 54.2 Å². The first kappa shape index (κ1) is 14.1. The number of thiophene rings is 2. The molecule has 0 aromatic carbocycles. The number of aliphatic imine (C=N–C) groups is 1. The molecule has 4 nitrogen and oxygen atoms in total. The van der Waals surface area contributed by atoms with Gasteiger partial charge in [-0.1, -0.05) is 0 Å². The van der Waals surface area contributed by atoms with Crippen LogP contribution in [0.1, 0.15) is 19.3 Å². The van der Waals surface area contributed by atoms with Gasteiger partial charge in [0.15, 0.2) is 0 Å². The maximum absolute atomic E-state index is 11.9. The molecular formula is C12H10N2O2S2Se. The van der Waals surface area contributed by atoms with Crippen LogP contribution in [0.25, 0.3) is 0 Å². The summed E-state index contributed by atoms with van der Waals surface area (Å²) in [5.74, 6) is 1.39. The van der Waals surface area contributed by atoms with E-state index in [0.717, 1.165) is 0 Å². The summed E-state index contributed by atoms with van der Waals surface area (Å²) in [5.41, 5.74) is 0. The summed E-state index contributed by atoms with van der Waals surface area (Å²) < 4.78 is 0.448.